The molecular weight excluding hydrogens is 272 g/mol. The molecule has 21 heavy (non-hydrogen) atoms. The molecule has 1 aliphatic rings. The Balaban J connectivity index is 1.56. The summed E-state index contributed by atoms with van der Waals surface area (Å²) in [6.45, 7) is 0.721. The molecule has 1 aromatic carbocycles. The Bertz CT molecular complexity index is 637. The second-order valence-electron chi connectivity index (χ2n) is 4.63. The monoisotopic (exact) mass is 286 g/mol. The highest BCUT2D eigenvalue weighted by Crippen LogP contribution is 2.08. The van der Waals surface area contributed by atoms with Crippen LogP contribution in [0.1, 0.15) is 5.56 Å². The van der Waals surface area contributed by atoms with Gasteiger partial charge in [-0.2, -0.15) is 5.10 Å². The third-order valence-corrected chi connectivity index (χ3v) is 3.17. The highest BCUT2D eigenvalue weighted by atomic mass is 16.2. The van der Waals surface area contributed by atoms with Gasteiger partial charge in [0.05, 0.1) is 5.69 Å². The molecule has 0 radical (unpaired) electrons. The number of nitrogens with one attached hydrogen (secondary N) is 3. The summed E-state index contributed by atoms with van der Waals surface area (Å²) in [7, 11) is 0. The van der Waals surface area contributed by atoms with E-state index in [2.05, 4.69) is 26.0 Å². The lowest BCUT2D eigenvalue weighted by molar-refractivity contribution is -0.122. The first-order chi connectivity index (χ1) is 10.2. The third-order valence-electron chi connectivity index (χ3n) is 3.17. The van der Waals surface area contributed by atoms with Crippen LogP contribution in [0.15, 0.2) is 36.9 Å². The van der Waals surface area contributed by atoms with Crippen molar-refractivity contribution in [3.63, 3.8) is 0 Å². The topological polar surface area (TPSA) is 101 Å². The van der Waals surface area contributed by atoms with Crippen molar-refractivity contribution in [2.45, 2.75) is 12.6 Å². The van der Waals surface area contributed by atoms with E-state index in [9.17, 15) is 9.59 Å². The minimum atomic E-state index is -0.507. The van der Waals surface area contributed by atoms with Crippen molar-refractivity contribution in [3.8, 4) is 5.69 Å². The van der Waals surface area contributed by atoms with E-state index in [1.54, 1.807) is 11.0 Å². The van der Waals surface area contributed by atoms with Crippen LogP contribution in [-0.2, 0) is 11.3 Å². The maximum Gasteiger partial charge on any atom is 0.315 e. The van der Waals surface area contributed by atoms with Gasteiger partial charge in [-0.15, -0.1) is 0 Å². The zero-order valence-corrected chi connectivity index (χ0v) is 11.1. The molecule has 8 heteroatoms. The van der Waals surface area contributed by atoms with Gasteiger partial charge in [-0.05, 0) is 17.7 Å². The fourth-order valence-corrected chi connectivity index (χ4v) is 2.03. The second kappa shape index (κ2) is 5.61. The van der Waals surface area contributed by atoms with Gasteiger partial charge in [-0.1, -0.05) is 12.1 Å². The largest absolute Gasteiger partial charge is 0.350 e. The molecular formula is C13H14N6O2. The van der Waals surface area contributed by atoms with Gasteiger partial charge in [-0.3, -0.25) is 4.79 Å². The summed E-state index contributed by atoms with van der Waals surface area (Å²) in [6, 6.07) is 6.79. The predicted octanol–water partition coefficient (Wildman–Crippen LogP) is -0.435. The zero-order valence-electron chi connectivity index (χ0n) is 11.1. The summed E-state index contributed by atoms with van der Waals surface area (Å²) < 4.78 is 1.65. The van der Waals surface area contributed by atoms with Crippen LogP contribution in [0.4, 0.5) is 4.79 Å². The number of hydrogen-bond donors (Lipinski definition) is 3. The Morgan fingerprint density at radius 3 is 2.81 bits per heavy atom. The van der Waals surface area contributed by atoms with Crippen LogP contribution in [0.3, 0.4) is 0 Å². The zero-order chi connectivity index (χ0) is 14.7. The van der Waals surface area contributed by atoms with E-state index in [1.807, 2.05) is 24.3 Å². The van der Waals surface area contributed by atoms with Crippen molar-refractivity contribution in [2.75, 3.05) is 6.54 Å². The summed E-state index contributed by atoms with van der Waals surface area (Å²) in [5.41, 5.74) is 1.86. The highest BCUT2D eigenvalue weighted by Gasteiger charge is 2.26. The number of carbonyl (C=O) groups excluding carboxylic acids is 2. The number of urea groups is 1. The smallest absolute Gasteiger partial charge is 0.315 e. The van der Waals surface area contributed by atoms with Crippen molar-refractivity contribution in [2.24, 2.45) is 0 Å². The quantitative estimate of drug-likeness (QED) is 0.709. The van der Waals surface area contributed by atoms with Gasteiger partial charge in [0.25, 0.3) is 0 Å². The Labute approximate surface area is 120 Å². The number of benzene rings is 1. The van der Waals surface area contributed by atoms with Crippen molar-refractivity contribution in [3.05, 3.63) is 42.5 Å². The number of carbonyl (C=O) groups is 2. The molecule has 0 unspecified atom stereocenters. The summed E-state index contributed by atoms with van der Waals surface area (Å²) >= 11 is 0. The van der Waals surface area contributed by atoms with Gasteiger partial charge in [0.15, 0.2) is 0 Å². The molecule has 0 bridgehead atoms. The fraction of sp³-hybridized carbons (Fsp3) is 0.231. The molecule has 2 heterocycles. The molecule has 2 aromatic rings. The van der Waals surface area contributed by atoms with Crippen LogP contribution < -0.4 is 16.0 Å². The SMILES string of the molecule is O=C1NC[C@@H](C(=O)NCc2ccc(-n3cncn3)cc2)N1. The fourth-order valence-electron chi connectivity index (χ4n) is 2.03. The summed E-state index contributed by atoms with van der Waals surface area (Å²) in [4.78, 5) is 26.7. The van der Waals surface area contributed by atoms with Gasteiger partial charge in [0, 0.05) is 13.1 Å². The van der Waals surface area contributed by atoms with Crippen molar-refractivity contribution < 1.29 is 9.59 Å². The lowest BCUT2D eigenvalue weighted by Gasteiger charge is -2.10. The van der Waals surface area contributed by atoms with Gasteiger partial charge in [-0.25, -0.2) is 14.5 Å². The van der Waals surface area contributed by atoms with Crippen LogP contribution in [0.25, 0.3) is 5.69 Å². The van der Waals surface area contributed by atoms with E-state index in [-0.39, 0.29) is 11.9 Å². The molecule has 1 saturated heterocycles. The molecule has 1 aliphatic heterocycles. The average Bonchev–Trinajstić information content (AvgIpc) is 3.16. The van der Waals surface area contributed by atoms with E-state index >= 15 is 0 Å². The number of nitrogens with zero attached hydrogens (tertiary/aromatic N) is 3. The molecule has 3 amide bonds. The Kier molecular flexibility index (Phi) is 3.50. The molecule has 0 aliphatic carbocycles. The second-order valence-corrected chi connectivity index (χ2v) is 4.63. The summed E-state index contributed by atoms with van der Waals surface area (Å²) in [5, 5.41) is 11.9. The number of rotatable bonds is 4. The molecule has 1 aromatic heterocycles. The Morgan fingerprint density at radius 2 is 2.19 bits per heavy atom. The lowest BCUT2D eigenvalue weighted by Crippen LogP contribution is -2.42. The van der Waals surface area contributed by atoms with E-state index in [4.69, 9.17) is 0 Å². The Morgan fingerprint density at radius 1 is 1.38 bits per heavy atom. The predicted molar refractivity (Wildman–Crippen MR) is 73.5 cm³/mol. The minimum Gasteiger partial charge on any atom is -0.350 e. The van der Waals surface area contributed by atoms with Gasteiger partial charge in [0.2, 0.25) is 5.91 Å². The molecule has 1 fully saturated rings. The molecule has 3 N–H and O–H groups in total. The molecule has 0 saturated carbocycles. The minimum absolute atomic E-state index is 0.200. The van der Waals surface area contributed by atoms with Crippen molar-refractivity contribution in [1.29, 1.82) is 0 Å². The lowest BCUT2D eigenvalue weighted by atomic mass is 10.2. The summed E-state index contributed by atoms with van der Waals surface area (Å²) in [6.07, 6.45) is 3.09. The van der Waals surface area contributed by atoms with E-state index in [0.29, 0.717) is 13.1 Å². The maximum absolute atomic E-state index is 11.8. The molecule has 3 rings (SSSR count). The van der Waals surface area contributed by atoms with Gasteiger partial charge >= 0.3 is 6.03 Å². The van der Waals surface area contributed by atoms with Crippen LogP contribution in [0, 0.1) is 0 Å². The third kappa shape index (κ3) is 2.99. The number of amides is 3. The molecule has 1 atom stereocenters. The van der Waals surface area contributed by atoms with E-state index in [0.717, 1.165) is 11.3 Å². The van der Waals surface area contributed by atoms with Crippen LogP contribution >= 0.6 is 0 Å². The maximum atomic E-state index is 11.8. The van der Waals surface area contributed by atoms with Crippen molar-refractivity contribution in [1.82, 2.24) is 30.7 Å². The van der Waals surface area contributed by atoms with Gasteiger partial charge < -0.3 is 16.0 Å². The molecule has 108 valence electrons. The first kappa shape index (κ1) is 13.1. The summed E-state index contributed by atoms with van der Waals surface area (Å²) in [5.74, 6) is -0.200. The first-order valence-electron chi connectivity index (χ1n) is 6.48. The average molecular weight is 286 g/mol. The molecule has 0 spiro atoms. The van der Waals surface area contributed by atoms with Crippen LogP contribution in [0.5, 0.6) is 0 Å². The first-order valence-corrected chi connectivity index (χ1v) is 6.48. The Hall–Kier alpha value is -2.90. The number of aromatic nitrogens is 3. The normalized spacial score (nSPS) is 17.1. The standard InChI is InChI=1S/C13H14N6O2/c20-12(11-6-16-13(21)18-11)15-5-9-1-3-10(4-2-9)19-8-14-7-17-19/h1-4,7-8,11H,5-6H2,(H,15,20)(H2,16,18,21)/t11-/m0/s1. The highest BCUT2D eigenvalue weighted by molar-refractivity contribution is 5.90. The van der Waals surface area contributed by atoms with E-state index in [1.165, 1.54) is 6.33 Å². The van der Waals surface area contributed by atoms with Gasteiger partial charge in [0.1, 0.15) is 18.7 Å². The number of hydrogen-bond acceptors (Lipinski definition) is 4. The molecule has 8 nitrogen and oxygen atoms in total. The van der Waals surface area contributed by atoms with E-state index < -0.39 is 6.04 Å². The van der Waals surface area contributed by atoms with Crippen molar-refractivity contribution >= 4 is 11.9 Å². The van der Waals surface area contributed by atoms with Crippen LogP contribution in [0.2, 0.25) is 0 Å². The van der Waals surface area contributed by atoms with Crippen LogP contribution in [-0.4, -0.2) is 39.3 Å².